The van der Waals surface area contributed by atoms with Crippen LogP contribution in [0.5, 0.6) is 5.75 Å². The fourth-order valence-electron chi connectivity index (χ4n) is 2.04. The minimum absolute atomic E-state index is 0.0942. The van der Waals surface area contributed by atoms with Gasteiger partial charge in [0.15, 0.2) is 0 Å². The zero-order valence-electron chi connectivity index (χ0n) is 13.4. The number of benzene rings is 2. The van der Waals surface area contributed by atoms with Crippen molar-refractivity contribution >= 4 is 40.5 Å². The van der Waals surface area contributed by atoms with Gasteiger partial charge in [-0.25, -0.2) is 0 Å². The summed E-state index contributed by atoms with van der Waals surface area (Å²) in [5.41, 5.74) is 1.27. The molecule has 0 spiro atoms. The minimum atomic E-state index is -0.220. The summed E-state index contributed by atoms with van der Waals surface area (Å²) in [7, 11) is 0. The summed E-state index contributed by atoms with van der Waals surface area (Å²) in [6.07, 6.45) is 2.06. The van der Waals surface area contributed by atoms with Crippen LogP contribution in [0, 0.1) is 0 Å². The quantitative estimate of drug-likeness (QED) is 0.629. The van der Waals surface area contributed by atoms with Gasteiger partial charge < -0.3 is 15.4 Å². The lowest BCUT2D eigenvalue weighted by Crippen LogP contribution is -2.22. The smallest absolute Gasteiger partial charge is 0.243 e. The first-order valence-electron chi connectivity index (χ1n) is 7.81. The Morgan fingerprint density at radius 3 is 2.62 bits per heavy atom. The molecule has 0 unspecified atom stereocenters. The molecule has 0 aliphatic carbocycles. The standard InChI is InChI=1S/C18H20Cl2N2O2/c1-2-3-11-24-16-10-5-4-8-14(16)21-12-17(23)22-15-9-6-7-13(19)18(15)20/h4-10,21H,2-3,11-12H2,1H3,(H,22,23). The lowest BCUT2D eigenvalue weighted by molar-refractivity contribution is -0.114. The van der Waals surface area contributed by atoms with Crippen molar-refractivity contribution in [3.05, 3.63) is 52.5 Å². The summed E-state index contributed by atoms with van der Waals surface area (Å²) in [4.78, 5) is 12.1. The maximum atomic E-state index is 12.1. The maximum absolute atomic E-state index is 12.1. The second-order valence-electron chi connectivity index (χ2n) is 5.20. The van der Waals surface area contributed by atoms with Crippen LogP contribution < -0.4 is 15.4 Å². The molecule has 2 aromatic carbocycles. The fourth-order valence-corrected chi connectivity index (χ4v) is 2.38. The maximum Gasteiger partial charge on any atom is 0.243 e. The zero-order valence-corrected chi connectivity index (χ0v) is 15.0. The third-order valence-electron chi connectivity index (χ3n) is 3.31. The summed E-state index contributed by atoms with van der Waals surface area (Å²) in [6.45, 7) is 2.86. The minimum Gasteiger partial charge on any atom is -0.491 e. The van der Waals surface area contributed by atoms with Crippen LogP contribution in [0.25, 0.3) is 0 Å². The van der Waals surface area contributed by atoms with E-state index < -0.39 is 0 Å². The van der Waals surface area contributed by atoms with Crippen LogP contribution in [-0.2, 0) is 4.79 Å². The first kappa shape index (κ1) is 18.4. The van der Waals surface area contributed by atoms with Gasteiger partial charge >= 0.3 is 0 Å². The SMILES string of the molecule is CCCCOc1ccccc1NCC(=O)Nc1cccc(Cl)c1Cl. The summed E-state index contributed by atoms with van der Waals surface area (Å²) >= 11 is 12.0. The van der Waals surface area contributed by atoms with Crippen LogP contribution in [-0.4, -0.2) is 19.1 Å². The Hall–Kier alpha value is -1.91. The Morgan fingerprint density at radius 2 is 1.83 bits per heavy atom. The number of unbranched alkanes of at least 4 members (excludes halogenated alkanes) is 1. The summed E-state index contributed by atoms with van der Waals surface area (Å²) in [6, 6.07) is 12.6. The lowest BCUT2D eigenvalue weighted by Gasteiger charge is -2.13. The molecule has 4 nitrogen and oxygen atoms in total. The van der Waals surface area contributed by atoms with E-state index in [1.165, 1.54) is 0 Å². The number of halogens is 2. The zero-order chi connectivity index (χ0) is 17.4. The Morgan fingerprint density at radius 1 is 1.08 bits per heavy atom. The highest BCUT2D eigenvalue weighted by atomic mass is 35.5. The topological polar surface area (TPSA) is 50.4 Å². The van der Waals surface area contributed by atoms with Gasteiger partial charge in [-0.05, 0) is 30.7 Å². The van der Waals surface area contributed by atoms with Gasteiger partial charge in [0.25, 0.3) is 0 Å². The first-order chi connectivity index (χ1) is 11.6. The molecule has 0 aliphatic heterocycles. The third kappa shape index (κ3) is 5.32. The molecular weight excluding hydrogens is 347 g/mol. The Balaban J connectivity index is 1.93. The van der Waals surface area contributed by atoms with E-state index >= 15 is 0 Å². The Labute approximate surface area is 152 Å². The molecule has 24 heavy (non-hydrogen) atoms. The molecule has 2 rings (SSSR count). The molecule has 0 saturated carbocycles. The molecule has 0 aromatic heterocycles. The molecule has 0 radical (unpaired) electrons. The average molecular weight is 367 g/mol. The van der Waals surface area contributed by atoms with Gasteiger partial charge in [-0.2, -0.15) is 0 Å². The van der Waals surface area contributed by atoms with Crippen LogP contribution >= 0.6 is 23.2 Å². The van der Waals surface area contributed by atoms with Gasteiger partial charge in [-0.1, -0.05) is 54.7 Å². The first-order valence-corrected chi connectivity index (χ1v) is 8.57. The molecule has 1 amide bonds. The summed E-state index contributed by atoms with van der Waals surface area (Å²) in [5.74, 6) is 0.516. The van der Waals surface area contributed by atoms with E-state index in [4.69, 9.17) is 27.9 Å². The highest BCUT2D eigenvalue weighted by Gasteiger charge is 2.09. The number of hydrogen-bond donors (Lipinski definition) is 2. The molecule has 0 aliphatic rings. The van der Waals surface area contributed by atoms with E-state index in [-0.39, 0.29) is 12.5 Å². The number of carbonyl (C=O) groups is 1. The summed E-state index contributed by atoms with van der Waals surface area (Å²) < 4.78 is 5.73. The monoisotopic (exact) mass is 366 g/mol. The number of ether oxygens (including phenoxy) is 1. The van der Waals surface area contributed by atoms with E-state index in [0.717, 1.165) is 24.3 Å². The number of rotatable bonds is 8. The molecule has 6 heteroatoms. The highest BCUT2D eigenvalue weighted by molar-refractivity contribution is 6.44. The molecule has 0 saturated heterocycles. The van der Waals surface area contributed by atoms with Crippen molar-refractivity contribution in [3.63, 3.8) is 0 Å². The molecule has 128 valence electrons. The van der Waals surface area contributed by atoms with Crippen molar-refractivity contribution in [2.75, 3.05) is 23.8 Å². The largest absolute Gasteiger partial charge is 0.491 e. The van der Waals surface area contributed by atoms with Crippen LogP contribution in [0.3, 0.4) is 0 Å². The summed E-state index contributed by atoms with van der Waals surface area (Å²) in [5, 5.41) is 6.55. The fraction of sp³-hybridized carbons (Fsp3) is 0.278. The predicted octanol–water partition coefficient (Wildman–Crippen LogP) is 5.22. The van der Waals surface area contributed by atoms with Crippen molar-refractivity contribution in [2.24, 2.45) is 0 Å². The number of nitrogens with one attached hydrogen (secondary N) is 2. The van der Waals surface area contributed by atoms with Gasteiger partial charge in [0.1, 0.15) is 5.75 Å². The normalized spacial score (nSPS) is 10.3. The second-order valence-corrected chi connectivity index (χ2v) is 5.99. The van der Waals surface area contributed by atoms with Crippen molar-refractivity contribution < 1.29 is 9.53 Å². The van der Waals surface area contributed by atoms with Gasteiger partial charge in [0, 0.05) is 0 Å². The van der Waals surface area contributed by atoms with Crippen LogP contribution in [0.4, 0.5) is 11.4 Å². The van der Waals surface area contributed by atoms with Gasteiger partial charge in [-0.3, -0.25) is 4.79 Å². The van der Waals surface area contributed by atoms with E-state index in [9.17, 15) is 4.79 Å². The Kier molecular flexibility index (Phi) is 7.22. The van der Waals surface area contributed by atoms with Crippen LogP contribution in [0.15, 0.2) is 42.5 Å². The molecule has 0 bridgehead atoms. The third-order valence-corrected chi connectivity index (χ3v) is 4.13. The molecular formula is C18H20Cl2N2O2. The van der Waals surface area contributed by atoms with Crippen LogP contribution in [0.1, 0.15) is 19.8 Å². The van der Waals surface area contributed by atoms with Crippen molar-refractivity contribution in [2.45, 2.75) is 19.8 Å². The number of carbonyl (C=O) groups excluding carboxylic acids is 1. The van der Waals surface area contributed by atoms with E-state index in [1.54, 1.807) is 18.2 Å². The molecule has 0 fully saturated rings. The van der Waals surface area contributed by atoms with Gasteiger partial charge in [0.2, 0.25) is 5.91 Å². The number of anilines is 2. The van der Waals surface area contributed by atoms with Crippen LogP contribution in [0.2, 0.25) is 10.0 Å². The number of hydrogen-bond acceptors (Lipinski definition) is 3. The molecule has 0 atom stereocenters. The van der Waals surface area contributed by atoms with Gasteiger partial charge in [0.05, 0.1) is 34.6 Å². The van der Waals surface area contributed by atoms with Gasteiger partial charge in [-0.15, -0.1) is 0 Å². The van der Waals surface area contributed by atoms with Crippen molar-refractivity contribution in [1.29, 1.82) is 0 Å². The average Bonchev–Trinajstić information content (AvgIpc) is 2.58. The van der Waals surface area contributed by atoms with Crippen molar-refractivity contribution in [3.8, 4) is 5.75 Å². The molecule has 2 N–H and O–H groups in total. The molecule has 0 heterocycles. The van der Waals surface area contributed by atoms with E-state index in [2.05, 4.69) is 17.6 Å². The Bertz CT molecular complexity index is 692. The predicted molar refractivity (Wildman–Crippen MR) is 100 cm³/mol. The highest BCUT2D eigenvalue weighted by Crippen LogP contribution is 2.29. The second kappa shape index (κ2) is 9.40. The van der Waals surface area contributed by atoms with E-state index in [1.807, 2.05) is 24.3 Å². The number of para-hydroxylation sites is 2. The number of amides is 1. The lowest BCUT2D eigenvalue weighted by atomic mass is 10.3. The van der Waals surface area contributed by atoms with E-state index in [0.29, 0.717) is 22.3 Å². The molecule has 2 aromatic rings. The van der Waals surface area contributed by atoms with Crippen molar-refractivity contribution in [1.82, 2.24) is 0 Å².